The molecule has 1 saturated heterocycles. The molecule has 5 nitrogen and oxygen atoms in total. The third-order valence-electron chi connectivity index (χ3n) is 5.62. The topological polar surface area (TPSA) is 82.9 Å². The lowest BCUT2D eigenvalue weighted by molar-refractivity contribution is 0.0945. The lowest BCUT2D eigenvalue weighted by Gasteiger charge is -2.11. The smallest absolute Gasteiger partial charge is 0.268 e. The van der Waals surface area contributed by atoms with Crippen molar-refractivity contribution in [3.8, 4) is 11.1 Å². The van der Waals surface area contributed by atoms with Crippen molar-refractivity contribution in [3.05, 3.63) is 59.5 Å². The second kappa shape index (κ2) is 7.73. The third kappa shape index (κ3) is 3.66. The molecule has 0 saturated carbocycles. The molecular weight excluding hydrogens is 355 g/mol. The van der Waals surface area contributed by atoms with Gasteiger partial charge in [-0.15, -0.1) is 0 Å². The largest absolute Gasteiger partial charge is 0.350 e. The molecule has 28 heavy (non-hydrogen) atoms. The lowest BCUT2D eigenvalue weighted by atomic mass is 10.0. The molecule has 0 spiro atoms. The van der Waals surface area contributed by atoms with E-state index in [1.165, 1.54) is 12.1 Å². The summed E-state index contributed by atoms with van der Waals surface area (Å²) in [4.78, 5) is 15.9. The van der Waals surface area contributed by atoms with E-state index in [0.29, 0.717) is 24.7 Å². The first kappa shape index (κ1) is 18.7. The Hall–Kier alpha value is -2.70. The van der Waals surface area contributed by atoms with Gasteiger partial charge in [-0.1, -0.05) is 18.2 Å². The highest BCUT2D eigenvalue weighted by Crippen LogP contribution is 2.28. The maximum absolute atomic E-state index is 13.2. The van der Waals surface area contributed by atoms with Gasteiger partial charge in [-0.2, -0.15) is 0 Å². The van der Waals surface area contributed by atoms with Gasteiger partial charge in [-0.3, -0.25) is 4.79 Å². The number of aromatic nitrogens is 1. The SMILES string of the molecule is Cc1c(C(=O)NC[C@@H]2C[C@H](CN)CN2)[nH]c2ccc(-c3ccc(F)cc3)cc12. The molecule has 3 aromatic rings. The van der Waals surface area contributed by atoms with Gasteiger partial charge in [0.2, 0.25) is 0 Å². The number of benzene rings is 2. The minimum absolute atomic E-state index is 0.102. The zero-order valence-electron chi connectivity index (χ0n) is 15.9. The second-order valence-electron chi connectivity index (χ2n) is 7.54. The maximum atomic E-state index is 13.2. The van der Waals surface area contributed by atoms with Crippen LogP contribution in [0.4, 0.5) is 4.39 Å². The summed E-state index contributed by atoms with van der Waals surface area (Å²) in [5.41, 5.74) is 10.1. The fraction of sp³-hybridized carbons (Fsp3) is 0.318. The number of nitrogens with one attached hydrogen (secondary N) is 3. The molecule has 1 amide bonds. The van der Waals surface area contributed by atoms with E-state index in [1.807, 2.05) is 25.1 Å². The molecular formula is C22H25FN4O. The van der Waals surface area contributed by atoms with Gasteiger partial charge >= 0.3 is 0 Å². The van der Waals surface area contributed by atoms with Crippen molar-refractivity contribution in [3.63, 3.8) is 0 Å². The predicted molar refractivity (Wildman–Crippen MR) is 110 cm³/mol. The number of hydrogen-bond acceptors (Lipinski definition) is 3. The maximum Gasteiger partial charge on any atom is 0.268 e. The molecule has 146 valence electrons. The van der Waals surface area contributed by atoms with Crippen LogP contribution < -0.4 is 16.4 Å². The Bertz CT molecular complexity index is 996. The van der Waals surface area contributed by atoms with Gasteiger partial charge in [-0.05, 0) is 73.3 Å². The molecule has 1 fully saturated rings. The highest BCUT2D eigenvalue weighted by Gasteiger charge is 2.24. The standard InChI is InChI=1S/C22H25FN4O/c1-13-19-9-16(15-2-5-17(23)6-3-15)4-7-20(19)27-21(13)22(28)26-12-18-8-14(10-24)11-25-18/h2-7,9,14,18,25,27H,8,10-12,24H2,1H3,(H,26,28)/t14-,18+/m1/s1. The Morgan fingerprint density at radius 1 is 1.21 bits per heavy atom. The number of amides is 1. The molecule has 6 heteroatoms. The number of hydrogen-bond donors (Lipinski definition) is 4. The molecule has 2 atom stereocenters. The van der Waals surface area contributed by atoms with Gasteiger partial charge < -0.3 is 21.4 Å². The minimum atomic E-state index is -0.254. The number of aromatic amines is 1. The van der Waals surface area contributed by atoms with Crippen LogP contribution in [0.2, 0.25) is 0 Å². The first-order chi connectivity index (χ1) is 13.5. The summed E-state index contributed by atoms with van der Waals surface area (Å²) in [5, 5.41) is 7.42. The number of carbonyl (C=O) groups excluding carboxylic acids is 1. The summed E-state index contributed by atoms with van der Waals surface area (Å²) in [5.74, 6) is 0.132. The summed E-state index contributed by atoms with van der Waals surface area (Å²) in [6, 6.07) is 12.7. The number of rotatable bonds is 5. The van der Waals surface area contributed by atoms with Crippen LogP contribution >= 0.6 is 0 Å². The van der Waals surface area contributed by atoms with Gasteiger partial charge in [0.15, 0.2) is 0 Å². The molecule has 2 heterocycles. The van der Waals surface area contributed by atoms with Crippen LogP contribution in [0.25, 0.3) is 22.0 Å². The number of aryl methyl sites for hydroxylation is 1. The highest BCUT2D eigenvalue weighted by molar-refractivity contribution is 6.01. The average Bonchev–Trinajstić information content (AvgIpc) is 3.31. The number of carbonyl (C=O) groups is 1. The molecule has 0 bridgehead atoms. The molecule has 1 aliphatic rings. The highest BCUT2D eigenvalue weighted by atomic mass is 19.1. The van der Waals surface area contributed by atoms with E-state index in [0.717, 1.165) is 40.6 Å². The summed E-state index contributed by atoms with van der Waals surface area (Å²) in [6.45, 7) is 4.12. The van der Waals surface area contributed by atoms with E-state index in [4.69, 9.17) is 5.73 Å². The van der Waals surface area contributed by atoms with Crippen LogP contribution in [-0.4, -0.2) is 36.6 Å². The normalized spacial score (nSPS) is 19.2. The van der Waals surface area contributed by atoms with Crippen molar-refractivity contribution < 1.29 is 9.18 Å². The molecule has 1 aromatic heterocycles. The third-order valence-corrected chi connectivity index (χ3v) is 5.62. The van der Waals surface area contributed by atoms with E-state index in [2.05, 4.69) is 15.6 Å². The molecule has 5 N–H and O–H groups in total. The fourth-order valence-electron chi connectivity index (χ4n) is 3.92. The predicted octanol–water partition coefficient (Wildman–Crippen LogP) is 2.95. The van der Waals surface area contributed by atoms with E-state index >= 15 is 0 Å². The minimum Gasteiger partial charge on any atom is -0.350 e. The summed E-state index contributed by atoms with van der Waals surface area (Å²) >= 11 is 0. The molecule has 1 aliphatic heterocycles. The van der Waals surface area contributed by atoms with Crippen LogP contribution in [0.1, 0.15) is 22.5 Å². The fourth-order valence-corrected chi connectivity index (χ4v) is 3.92. The van der Waals surface area contributed by atoms with Crippen molar-refractivity contribution in [2.24, 2.45) is 11.7 Å². The molecule has 4 rings (SSSR count). The second-order valence-corrected chi connectivity index (χ2v) is 7.54. The van der Waals surface area contributed by atoms with Crippen LogP contribution in [0.15, 0.2) is 42.5 Å². The Morgan fingerprint density at radius 3 is 2.68 bits per heavy atom. The van der Waals surface area contributed by atoms with Crippen LogP contribution in [-0.2, 0) is 0 Å². The van der Waals surface area contributed by atoms with Crippen LogP contribution in [0, 0.1) is 18.7 Å². The Balaban J connectivity index is 1.52. The van der Waals surface area contributed by atoms with Crippen molar-refractivity contribution in [2.45, 2.75) is 19.4 Å². The van der Waals surface area contributed by atoms with Crippen molar-refractivity contribution in [1.29, 1.82) is 0 Å². The zero-order valence-corrected chi connectivity index (χ0v) is 15.9. The summed E-state index contributed by atoms with van der Waals surface area (Å²) in [7, 11) is 0. The number of nitrogens with two attached hydrogens (primary N) is 1. The Labute approximate surface area is 163 Å². The van der Waals surface area contributed by atoms with Gasteiger partial charge in [0.1, 0.15) is 11.5 Å². The van der Waals surface area contributed by atoms with Crippen molar-refractivity contribution in [1.82, 2.24) is 15.6 Å². The van der Waals surface area contributed by atoms with Crippen molar-refractivity contribution >= 4 is 16.8 Å². The Morgan fingerprint density at radius 2 is 1.96 bits per heavy atom. The first-order valence-corrected chi connectivity index (χ1v) is 9.65. The molecule has 2 aromatic carbocycles. The first-order valence-electron chi connectivity index (χ1n) is 9.65. The lowest BCUT2D eigenvalue weighted by Crippen LogP contribution is -2.37. The van der Waals surface area contributed by atoms with Crippen molar-refractivity contribution in [2.75, 3.05) is 19.6 Å². The zero-order chi connectivity index (χ0) is 19.7. The van der Waals surface area contributed by atoms with Gasteiger partial charge in [0.05, 0.1) is 0 Å². The van der Waals surface area contributed by atoms with E-state index in [9.17, 15) is 9.18 Å². The number of fused-ring (bicyclic) bond motifs is 1. The average molecular weight is 380 g/mol. The summed E-state index contributed by atoms with van der Waals surface area (Å²) < 4.78 is 13.2. The van der Waals surface area contributed by atoms with E-state index in [1.54, 1.807) is 12.1 Å². The van der Waals surface area contributed by atoms with Gasteiger partial charge in [0, 0.05) is 23.5 Å². The van der Waals surface area contributed by atoms with Crippen LogP contribution in [0.5, 0.6) is 0 Å². The molecule has 0 radical (unpaired) electrons. The quantitative estimate of drug-likeness (QED) is 0.549. The van der Waals surface area contributed by atoms with Gasteiger partial charge in [-0.25, -0.2) is 4.39 Å². The Kier molecular flexibility index (Phi) is 5.15. The van der Waals surface area contributed by atoms with Gasteiger partial charge in [0.25, 0.3) is 5.91 Å². The monoisotopic (exact) mass is 380 g/mol. The summed E-state index contributed by atoms with van der Waals surface area (Å²) in [6.07, 6.45) is 0.990. The van der Waals surface area contributed by atoms with E-state index in [-0.39, 0.29) is 17.8 Å². The number of H-pyrrole nitrogens is 1. The van der Waals surface area contributed by atoms with E-state index < -0.39 is 0 Å². The molecule has 0 aliphatic carbocycles. The number of halogens is 1. The van der Waals surface area contributed by atoms with Crippen LogP contribution in [0.3, 0.4) is 0 Å². The molecule has 0 unspecified atom stereocenters.